The highest BCUT2D eigenvalue weighted by atomic mass is 32.2. The number of rotatable bonds is 2. The Hall–Kier alpha value is -1.35. The number of halogens is 3. The largest absolute Gasteiger partial charge is 0.394 e. The lowest BCUT2D eigenvalue weighted by Gasteiger charge is -2.06. The maximum absolute atomic E-state index is 12.8. The van der Waals surface area contributed by atoms with Crippen LogP contribution in [0.2, 0.25) is 0 Å². The zero-order chi connectivity index (χ0) is 11.8. The molecule has 0 aliphatic carbocycles. The fraction of sp³-hybridized carbons (Fsp3) is 0.167. The van der Waals surface area contributed by atoms with E-state index in [2.05, 4.69) is 10.1 Å². The molecular weight excluding hydrogens is 235 g/mol. The summed E-state index contributed by atoms with van der Waals surface area (Å²) in [6, 6.07) is 0.443. The Morgan fingerprint density at radius 1 is 1.40 bits per heavy atom. The molecule has 0 saturated carbocycles. The van der Waals surface area contributed by atoms with Crippen molar-refractivity contribution in [1.29, 1.82) is 0 Å². The van der Waals surface area contributed by atoms with E-state index < -0.39 is 38.7 Å². The summed E-state index contributed by atoms with van der Waals surface area (Å²) < 4.78 is 58.8. The summed E-state index contributed by atoms with van der Waals surface area (Å²) in [7, 11) is -4.35. The van der Waals surface area contributed by atoms with Crippen LogP contribution in [0.15, 0.2) is 11.0 Å². The number of alkyl halides is 2. The summed E-state index contributed by atoms with van der Waals surface area (Å²) in [5.74, 6) is -1.49. The fourth-order valence-corrected chi connectivity index (χ4v) is 1.54. The van der Waals surface area contributed by atoms with Crippen molar-refractivity contribution >= 4 is 15.7 Å². The molecule has 0 radical (unpaired) electrons. The molecule has 9 heteroatoms. The van der Waals surface area contributed by atoms with Crippen molar-refractivity contribution in [3.8, 4) is 0 Å². The molecule has 0 unspecified atom stereocenters. The van der Waals surface area contributed by atoms with Crippen LogP contribution in [0.4, 0.5) is 18.9 Å². The Bertz CT molecular complexity index is 489. The summed E-state index contributed by atoms with van der Waals surface area (Å²) in [6.45, 7) is 0. The third kappa shape index (κ3) is 2.36. The van der Waals surface area contributed by atoms with Crippen LogP contribution in [0.3, 0.4) is 0 Å². The van der Waals surface area contributed by atoms with Crippen LogP contribution in [0.25, 0.3) is 0 Å². The van der Waals surface area contributed by atoms with Crippen LogP contribution in [-0.4, -0.2) is 13.4 Å². The standard InChI is InChI=1S/C6H6F3N3O2S/c7-5(8)2-1-3(15(11,13)14)4(10)6(9)12-2/h1,5H,10H2,(H2,11,13,14). The summed E-state index contributed by atoms with van der Waals surface area (Å²) in [6.07, 6.45) is -3.11. The second-order valence-electron chi connectivity index (χ2n) is 2.60. The van der Waals surface area contributed by atoms with E-state index in [4.69, 9.17) is 5.73 Å². The predicted molar refractivity (Wildman–Crippen MR) is 44.9 cm³/mol. The zero-order valence-corrected chi connectivity index (χ0v) is 7.93. The number of primary sulfonamides is 1. The Kier molecular flexibility index (Phi) is 2.86. The molecule has 0 amide bonds. The molecule has 1 rings (SSSR count). The van der Waals surface area contributed by atoms with E-state index >= 15 is 0 Å². The van der Waals surface area contributed by atoms with E-state index in [0.29, 0.717) is 6.07 Å². The number of hydrogen-bond acceptors (Lipinski definition) is 4. The molecule has 1 aromatic heterocycles. The van der Waals surface area contributed by atoms with E-state index in [0.717, 1.165) is 0 Å². The first kappa shape index (κ1) is 11.7. The number of aromatic nitrogens is 1. The number of nitrogen functional groups attached to an aromatic ring is 1. The van der Waals surface area contributed by atoms with E-state index in [1.54, 1.807) is 0 Å². The molecule has 0 saturated heterocycles. The minimum atomic E-state index is -4.35. The number of hydrogen-bond donors (Lipinski definition) is 2. The third-order valence-corrected chi connectivity index (χ3v) is 2.47. The predicted octanol–water partition coefficient (Wildman–Crippen LogP) is 0.388. The fourth-order valence-electron chi connectivity index (χ4n) is 0.867. The van der Waals surface area contributed by atoms with Crippen molar-refractivity contribution in [2.24, 2.45) is 5.14 Å². The van der Waals surface area contributed by atoms with Crippen LogP contribution in [0.1, 0.15) is 12.1 Å². The van der Waals surface area contributed by atoms with E-state index in [-0.39, 0.29) is 0 Å². The van der Waals surface area contributed by atoms with Gasteiger partial charge in [-0.25, -0.2) is 27.3 Å². The molecule has 1 heterocycles. The normalized spacial score (nSPS) is 12.1. The molecule has 0 aliphatic rings. The van der Waals surface area contributed by atoms with Crippen molar-refractivity contribution in [3.63, 3.8) is 0 Å². The first-order valence-electron chi connectivity index (χ1n) is 3.50. The molecule has 0 bridgehead atoms. The molecule has 84 valence electrons. The first-order chi connectivity index (χ1) is 6.73. The average Bonchev–Trinajstić information content (AvgIpc) is 2.06. The molecule has 0 aromatic carbocycles. The number of pyridine rings is 1. The Morgan fingerprint density at radius 2 is 1.93 bits per heavy atom. The molecule has 15 heavy (non-hydrogen) atoms. The van der Waals surface area contributed by atoms with Gasteiger partial charge in [0.2, 0.25) is 16.0 Å². The Balaban J connectivity index is 3.52. The molecule has 4 N–H and O–H groups in total. The highest BCUT2D eigenvalue weighted by Gasteiger charge is 2.21. The van der Waals surface area contributed by atoms with Gasteiger partial charge in [-0.05, 0) is 6.07 Å². The number of sulfonamides is 1. The van der Waals surface area contributed by atoms with Crippen molar-refractivity contribution < 1.29 is 21.6 Å². The first-order valence-corrected chi connectivity index (χ1v) is 5.05. The van der Waals surface area contributed by atoms with Crippen LogP contribution in [-0.2, 0) is 10.0 Å². The Labute approximate surface area is 83.0 Å². The minimum absolute atomic E-state index is 0.443. The lowest BCUT2D eigenvalue weighted by atomic mass is 10.3. The molecule has 1 aromatic rings. The van der Waals surface area contributed by atoms with Gasteiger partial charge in [-0.3, -0.25) is 0 Å². The van der Waals surface area contributed by atoms with Gasteiger partial charge in [-0.2, -0.15) is 4.39 Å². The zero-order valence-electron chi connectivity index (χ0n) is 7.12. The molecule has 0 aliphatic heterocycles. The van der Waals surface area contributed by atoms with E-state index in [1.807, 2.05) is 0 Å². The number of anilines is 1. The molecular formula is C6H6F3N3O2S. The highest BCUT2D eigenvalue weighted by molar-refractivity contribution is 7.89. The average molecular weight is 241 g/mol. The lowest BCUT2D eigenvalue weighted by Crippen LogP contribution is -2.16. The van der Waals surface area contributed by atoms with Crippen molar-refractivity contribution in [3.05, 3.63) is 17.7 Å². The molecule has 5 nitrogen and oxygen atoms in total. The van der Waals surface area contributed by atoms with Gasteiger partial charge in [0.1, 0.15) is 16.3 Å². The van der Waals surface area contributed by atoms with E-state index in [9.17, 15) is 21.6 Å². The van der Waals surface area contributed by atoms with Crippen molar-refractivity contribution in [2.75, 3.05) is 5.73 Å². The topological polar surface area (TPSA) is 99.1 Å². The van der Waals surface area contributed by atoms with Gasteiger partial charge in [0.15, 0.2) is 0 Å². The van der Waals surface area contributed by atoms with Crippen LogP contribution >= 0.6 is 0 Å². The van der Waals surface area contributed by atoms with Gasteiger partial charge in [0, 0.05) is 0 Å². The van der Waals surface area contributed by atoms with Gasteiger partial charge >= 0.3 is 0 Å². The molecule has 0 spiro atoms. The van der Waals surface area contributed by atoms with Gasteiger partial charge in [-0.15, -0.1) is 0 Å². The summed E-state index contributed by atoms with van der Waals surface area (Å²) in [5.41, 5.74) is 3.09. The van der Waals surface area contributed by atoms with Crippen molar-refractivity contribution in [1.82, 2.24) is 4.98 Å². The smallest absolute Gasteiger partial charge is 0.280 e. The summed E-state index contributed by atoms with van der Waals surface area (Å²) in [4.78, 5) is 1.89. The van der Waals surface area contributed by atoms with Crippen LogP contribution in [0.5, 0.6) is 0 Å². The van der Waals surface area contributed by atoms with Crippen LogP contribution in [0, 0.1) is 5.95 Å². The monoisotopic (exact) mass is 241 g/mol. The van der Waals surface area contributed by atoms with Gasteiger partial charge in [0.25, 0.3) is 6.43 Å². The van der Waals surface area contributed by atoms with Gasteiger partial charge < -0.3 is 5.73 Å². The summed E-state index contributed by atoms with van der Waals surface area (Å²) in [5, 5.41) is 4.65. The second-order valence-corrected chi connectivity index (χ2v) is 4.13. The highest BCUT2D eigenvalue weighted by Crippen LogP contribution is 2.25. The maximum atomic E-state index is 12.8. The lowest BCUT2D eigenvalue weighted by molar-refractivity contribution is 0.144. The summed E-state index contributed by atoms with van der Waals surface area (Å²) >= 11 is 0. The van der Waals surface area contributed by atoms with Crippen molar-refractivity contribution in [2.45, 2.75) is 11.3 Å². The SMILES string of the molecule is Nc1c(S(N)(=O)=O)cc(C(F)F)nc1F. The van der Waals surface area contributed by atoms with E-state index in [1.165, 1.54) is 0 Å². The van der Waals surface area contributed by atoms with Gasteiger partial charge in [0.05, 0.1) is 0 Å². The second kappa shape index (κ2) is 3.66. The maximum Gasteiger partial charge on any atom is 0.280 e. The third-order valence-electron chi connectivity index (χ3n) is 1.52. The quantitative estimate of drug-likeness (QED) is 0.731. The molecule has 0 atom stereocenters. The van der Waals surface area contributed by atoms with Gasteiger partial charge in [-0.1, -0.05) is 0 Å². The number of nitrogens with two attached hydrogens (primary N) is 2. The molecule has 0 fully saturated rings. The minimum Gasteiger partial charge on any atom is -0.394 e. The van der Waals surface area contributed by atoms with Crippen LogP contribution < -0.4 is 10.9 Å². The number of nitrogens with zero attached hydrogens (tertiary/aromatic N) is 1. The Morgan fingerprint density at radius 3 is 2.33 bits per heavy atom.